The molecule has 0 heterocycles. The average Bonchev–Trinajstić information content (AvgIpc) is 2.32. The van der Waals surface area contributed by atoms with Gasteiger partial charge in [0.25, 0.3) is 0 Å². The Kier molecular flexibility index (Phi) is 4.73. The van der Waals surface area contributed by atoms with Crippen molar-refractivity contribution in [2.75, 3.05) is 23.5 Å². The molecule has 0 saturated heterocycles. The standard InChI is InChI=1S/C11H17N3O4S/c1-3-14(4-2)19(17,18)13-10-6-5-8(12)7-9(10)11(15)16/h5-7,13H,3-4,12H2,1-2H3,(H,15,16). The van der Waals surface area contributed by atoms with E-state index in [0.29, 0.717) is 13.1 Å². The van der Waals surface area contributed by atoms with E-state index >= 15 is 0 Å². The molecule has 106 valence electrons. The van der Waals surface area contributed by atoms with E-state index in [1.54, 1.807) is 13.8 Å². The molecule has 1 rings (SSSR count). The Labute approximate surface area is 112 Å². The highest BCUT2D eigenvalue weighted by Crippen LogP contribution is 2.21. The van der Waals surface area contributed by atoms with Gasteiger partial charge >= 0.3 is 16.2 Å². The molecule has 19 heavy (non-hydrogen) atoms. The summed E-state index contributed by atoms with van der Waals surface area (Å²) in [6.45, 7) is 3.99. The second-order valence-electron chi connectivity index (χ2n) is 3.80. The van der Waals surface area contributed by atoms with Gasteiger partial charge in [0.15, 0.2) is 0 Å². The van der Waals surface area contributed by atoms with Crippen LogP contribution in [0.5, 0.6) is 0 Å². The van der Waals surface area contributed by atoms with E-state index in [2.05, 4.69) is 4.72 Å². The van der Waals surface area contributed by atoms with E-state index in [1.807, 2.05) is 0 Å². The van der Waals surface area contributed by atoms with Crippen molar-refractivity contribution in [1.29, 1.82) is 0 Å². The summed E-state index contributed by atoms with van der Waals surface area (Å²) < 4.78 is 27.5. The number of nitrogens with zero attached hydrogens (tertiary/aromatic N) is 1. The largest absolute Gasteiger partial charge is 0.478 e. The maximum Gasteiger partial charge on any atom is 0.337 e. The summed E-state index contributed by atoms with van der Waals surface area (Å²) in [4.78, 5) is 11.1. The summed E-state index contributed by atoms with van der Waals surface area (Å²) in [6, 6.07) is 3.98. The Morgan fingerprint density at radius 3 is 2.42 bits per heavy atom. The van der Waals surface area contributed by atoms with Gasteiger partial charge < -0.3 is 10.8 Å². The highest BCUT2D eigenvalue weighted by molar-refractivity contribution is 7.90. The van der Waals surface area contributed by atoms with Crippen molar-refractivity contribution in [2.24, 2.45) is 0 Å². The summed E-state index contributed by atoms with van der Waals surface area (Å²) in [6.07, 6.45) is 0. The van der Waals surface area contributed by atoms with E-state index in [0.717, 1.165) is 0 Å². The fourth-order valence-corrected chi connectivity index (χ4v) is 2.86. The van der Waals surface area contributed by atoms with Crippen molar-refractivity contribution in [1.82, 2.24) is 4.31 Å². The third kappa shape index (κ3) is 3.58. The molecule has 0 aliphatic heterocycles. The highest BCUT2D eigenvalue weighted by Gasteiger charge is 2.21. The number of carboxylic acids is 1. The molecule has 0 saturated carbocycles. The van der Waals surface area contributed by atoms with Crippen LogP contribution in [0, 0.1) is 0 Å². The predicted octanol–water partition coefficient (Wildman–Crippen LogP) is 0.966. The molecule has 0 atom stereocenters. The van der Waals surface area contributed by atoms with Gasteiger partial charge in [-0.3, -0.25) is 4.72 Å². The number of benzene rings is 1. The van der Waals surface area contributed by atoms with E-state index in [4.69, 9.17) is 10.8 Å². The Morgan fingerprint density at radius 2 is 1.95 bits per heavy atom. The molecule has 0 unspecified atom stereocenters. The van der Waals surface area contributed by atoms with Crippen molar-refractivity contribution in [3.8, 4) is 0 Å². The smallest absolute Gasteiger partial charge is 0.337 e. The van der Waals surface area contributed by atoms with Gasteiger partial charge in [-0.05, 0) is 18.2 Å². The Morgan fingerprint density at radius 1 is 1.37 bits per heavy atom. The fraction of sp³-hybridized carbons (Fsp3) is 0.364. The van der Waals surface area contributed by atoms with E-state index in [1.165, 1.54) is 22.5 Å². The lowest BCUT2D eigenvalue weighted by Crippen LogP contribution is -2.35. The van der Waals surface area contributed by atoms with Gasteiger partial charge in [0.1, 0.15) is 0 Å². The summed E-state index contributed by atoms with van der Waals surface area (Å²) in [7, 11) is -3.77. The first-order chi connectivity index (χ1) is 8.81. The second-order valence-corrected chi connectivity index (χ2v) is 5.47. The van der Waals surface area contributed by atoms with Gasteiger partial charge in [0, 0.05) is 18.8 Å². The zero-order chi connectivity index (χ0) is 14.6. The SMILES string of the molecule is CCN(CC)S(=O)(=O)Nc1ccc(N)cc1C(=O)O. The minimum Gasteiger partial charge on any atom is -0.478 e. The minimum atomic E-state index is -3.77. The molecule has 0 amide bonds. The predicted molar refractivity (Wildman–Crippen MR) is 73.3 cm³/mol. The van der Waals surface area contributed by atoms with Crippen LogP contribution in [0.2, 0.25) is 0 Å². The normalized spacial score (nSPS) is 11.5. The zero-order valence-electron chi connectivity index (χ0n) is 10.8. The first kappa shape index (κ1) is 15.3. The Balaban J connectivity index is 3.16. The highest BCUT2D eigenvalue weighted by atomic mass is 32.2. The number of hydrogen-bond acceptors (Lipinski definition) is 4. The molecule has 0 fully saturated rings. The molecule has 0 radical (unpaired) electrons. The van der Waals surface area contributed by atoms with Crippen molar-refractivity contribution in [3.05, 3.63) is 23.8 Å². The summed E-state index contributed by atoms with van der Waals surface area (Å²) in [5, 5.41) is 9.04. The van der Waals surface area contributed by atoms with Crippen LogP contribution >= 0.6 is 0 Å². The number of nitrogen functional groups attached to an aromatic ring is 1. The third-order valence-electron chi connectivity index (χ3n) is 2.56. The molecule has 7 nitrogen and oxygen atoms in total. The lowest BCUT2D eigenvalue weighted by Gasteiger charge is -2.20. The van der Waals surface area contributed by atoms with Crippen LogP contribution in [-0.2, 0) is 10.2 Å². The molecule has 4 N–H and O–H groups in total. The maximum absolute atomic E-state index is 12.0. The minimum absolute atomic E-state index is 0.00593. The van der Waals surface area contributed by atoms with Crippen LogP contribution in [-0.4, -0.2) is 36.9 Å². The average molecular weight is 287 g/mol. The number of anilines is 2. The Bertz CT molecular complexity index is 567. The lowest BCUT2D eigenvalue weighted by atomic mass is 10.1. The molecular weight excluding hydrogens is 270 g/mol. The van der Waals surface area contributed by atoms with Crippen molar-refractivity contribution < 1.29 is 18.3 Å². The third-order valence-corrected chi connectivity index (χ3v) is 4.23. The number of nitrogens with one attached hydrogen (secondary N) is 1. The molecule has 1 aromatic rings. The molecular formula is C11H17N3O4S. The van der Waals surface area contributed by atoms with Gasteiger partial charge in [0.2, 0.25) is 0 Å². The molecule has 0 aromatic heterocycles. The van der Waals surface area contributed by atoms with E-state index < -0.39 is 16.2 Å². The molecule has 0 aliphatic carbocycles. The summed E-state index contributed by atoms with van der Waals surface area (Å²) in [5.74, 6) is -1.25. The van der Waals surface area contributed by atoms with Crippen LogP contribution in [0.3, 0.4) is 0 Å². The van der Waals surface area contributed by atoms with Crippen LogP contribution < -0.4 is 10.5 Å². The van der Waals surface area contributed by atoms with Crippen LogP contribution in [0.4, 0.5) is 11.4 Å². The number of aromatic carboxylic acids is 1. The number of nitrogens with two attached hydrogens (primary N) is 1. The van der Waals surface area contributed by atoms with Gasteiger partial charge in [-0.1, -0.05) is 13.8 Å². The van der Waals surface area contributed by atoms with Crippen molar-refractivity contribution in [2.45, 2.75) is 13.8 Å². The molecule has 0 spiro atoms. The van der Waals surface area contributed by atoms with Gasteiger partial charge in [-0.25, -0.2) is 4.79 Å². The first-order valence-corrected chi connectivity index (χ1v) is 7.16. The zero-order valence-corrected chi connectivity index (χ0v) is 11.6. The van der Waals surface area contributed by atoms with E-state index in [-0.39, 0.29) is 16.9 Å². The van der Waals surface area contributed by atoms with E-state index in [9.17, 15) is 13.2 Å². The van der Waals surface area contributed by atoms with Gasteiger partial charge in [-0.2, -0.15) is 12.7 Å². The Hall–Kier alpha value is -1.80. The van der Waals surface area contributed by atoms with Crippen LogP contribution in [0.15, 0.2) is 18.2 Å². The van der Waals surface area contributed by atoms with Gasteiger partial charge in [0.05, 0.1) is 11.3 Å². The molecule has 8 heteroatoms. The topological polar surface area (TPSA) is 113 Å². The summed E-state index contributed by atoms with van der Waals surface area (Å²) >= 11 is 0. The number of rotatable bonds is 6. The van der Waals surface area contributed by atoms with Gasteiger partial charge in [-0.15, -0.1) is 0 Å². The first-order valence-electron chi connectivity index (χ1n) is 5.72. The number of hydrogen-bond donors (Lipinski definition) is 3. The fourth-order valence-electron chi connectivity index (χ4n) is 1.59. The summed E-state index contributed by atoms with van der Waals surface area (Å²) in [5.41, 5.74) is 5.55. The lowest BCUT2D eigenvalue weighted by molar-refractivity contribution is 0.0698. The van der Waals surface area contributed by atoms with Crippen LogP contribution in [0.25, 0.3) is 0 Å². The number of carbonyl (C=O) groups is 1. The monoisotopic (exact) mass is 287 g/mol. The second kappa shape index (κ2) is 5.89. The van der Waals surface area contributed by atoms with Crippen LogP contribution in [0.1, 0.15) is 24.2 Å². The van der Waals surface area contributed by atoms with Crippen molar-refractivity contribution >= 4 is 27.6 Å². The molecule has 0 aliphatic rings. The number of carboxylic acid groups (broad SMARTS) is 1. The molecule has 0 bridgehead atoms. The molecule has 1 aromatic carbocycles. The quantitative estimate of drug-likeness (QED) is 0.675. The van der Waals surface area contributed by atoms with Crippen molar-refractivity contribution in [3.63, 3.8) is 0 Å². The maximum atomic E-state index is 12.0.